The van der Waals surface area contributed by atoms with Crippen molar-refractivity contribution >= 4 is 28.9 Å². The molecule has 0 saturated carbocycles. The highest BCUT2D eigenvalue weighted by molar-refractivity contribution is 6.30. The van der Waals surface area contributed by atoms with Gasteiger partial charge in [-0.3, -0.25) is 14.9 Å². The Labute approximate surface area is 162 Å². The molecular weight excluding hydrogens is 394 g/mol. The molecule has 1 amide bonds. The van der Waals surface area contributed by atoms with Gasteiger partial charge in [0, 0.05) is 17.2 Å². The topological polar surface area (TPSA) is 81.5 Å². The van der Waals surface area contributed by atoms with Gasteiger partial charge in [-0.25, -0.2) is 8.78 Å². The number of hydrogen-bond donors (Lipinski definition) is 1. The van der Waals surface area contributed by atoms with Gasteiger partial charge in [0.1, 0.15) is 28.7 Å². The molecule has 6 nitrogen and oxygen atoms in total. The van der Waals surface area contributed by atoms with E-state index in [2.05, 4.69) is 5.32 Å². The van der Waals surface area contributed by atoms with Crippen molar-refractivity contribution < 1.29 is 23.2 Å². The molecule has 0 aromatic heterocycles. The number of carbonyl (C=O) groups excluding carboxylic acids is 1. The Morgan fingerprint density at radius 1 is 1.00 bits per heavy atom. The number of non-ortho nitro benzene ring substituents is 1. The van der Waals surface area contributed by atoms with E-state index in [1.807, 2.05) is 0 Å². The second-order valence-corrected chi connectivity index (χ2v) is 6.02. The van der Waals surface area contributed by atoms with E-state index < -0.39 is 28.0 Å². The number of nitrogens with zero attached hydrogens (tertiary/aromatic N) is 1. The lowest BCUT2D eigenvalue weighted by Gasteiger charge is -2.10. The number of halogens is 3. The van der Waals surface area contributed by atoms with Crippen molar-refractivity contribution in [1.29, 1.82) is 0 Å². The second kappa shape index (κ2) is 8.01. The van der Waals surface area contributed by atoms with Crippen molar-refractivity contribution in [3.8, 4) is 11.5 Å². The summed E-state index contributed by atoms with van der Waals surface area (Å²) in [5, 5.41) is 13.8. The third kappa shape index (κ3) is 4.41. The number of hydrogen-bond acceptors (Lipinski definition) is 4. The molecule has 0 bridgehead atoms. The van der Waals surface area contributed by atoms with Crippen LogP contribution in [0.1, 0.15) is 10.4 Å². The summed E-state index contributed by atoms with van der Waals surface area (Å²) in [5.41, 5.74) is -1.26. The molecular formula is C19H11ClF2N2O4. The Bertz CT molecular complexity index is 1060. The van der Waals surface area contributed by atoms with Crippen LogP contribution in [0.4, 0.5) is 20.2 Å². The molecule has 1 N–H and O–H groups in total. The van der Waals surface area contributed by atoms with E-state index in [1.54, 1.807) is 18.2 Å². The molecule has 0 aliphatic carbocycles. The fraction of sp³-hybridized carbons (Fsp3) is 0. The van der Waals surface area contributed by atoms with Crippen molar-refractivity contribution in [2.75, 3.05) is 5.32 Å². The molecule has 0 aliphatic rings. The van der Waals surface area contributed by atoms with Crippen LogP contribution in [0.5, 0.6) is 11.5 Å². The van der Waals surface area contributed by atoms with Crippen LogP contribution in [0.3, 0.4) is 0 Å². The molecule has 0 radical (unpaired) electrons. The number of rotatable bonds is 5. The van der Waals surface area contributed by atoms with Crippen LogP contribution in [-0.4, -0.2) is 10.8 Å². The Morgan fingerprint density at radius 2 is 1.68 bits per heavy atom. The van der Waals surface area contributed by atoms with Crippen LogP contribution in [0.15, 0.2) is 60.7 Å². The minimum atomic E-state index is -1.09. The molecule has 3 aromatic rings. The summed E-state index contributed by atoms with van der Waals surface area (Å²) < 4.78 is 33.1. The predicted octanol–water partition coefficient (Wildman–Crippen LogP) is 5.57. The molecule has 9 heteroatoms. The van der Waals surface area contributed by atoms with E-state index in [4.69, 9.17) is 16.3 Å². The third-order valence-electron chi connectivity index (χ3n) is 3.58. The Hall–Kier alpha value is -3.52. The summed E-state index contributed by atoms with van der Waals surface area (Å²) >= 11 is 5.87. The molecule has 28 heavy (non-hydrogen) atoms. The molecule has 3 rings (SSSR count). The minimum absolute atomic E-state index is 0.0285. The number of carbonyl (C=O) groups is 1. The van der Waals surface area contributed by atoms with E-state index in [1.165, 1.54) is 12.1 Å². The molecule has 142 valence electrons. The highest BCUT2D eigenvalue weighted by Gasteiger charge is 2.19. The number of benzene rings is 3. The SMILES string of the molecule is O=C(Nc1cc(Oc2cccc(Cl)c2)cc([N+](=O)[O-])c1)c1c(F)cccc1F. The fourth-order valence-electron chi connectivity index (χ4n) is 2.39. The van der Waals surface area contributed by atoms with Gasteiger partial charge < -0.3 is 10.1 Å². The highest BCUT2D eigenvalue weighted by Crippen LogP contribution is 2.31. The van der Waals surface area contributed by atoms with Crippen LogP contribution in [0.2, 0.25) is 5.02 Å². The molecule has 0 unspecified atom stereocenters. The first-order chi connectivity index (χ1) is 13.3. The molecule has 0 atom stereocenters. The van der Waals surface area contributed by atoms with Gasteiger partial charge >= 0.3 is 0 Å². The lowest BCUT2D eigenvalue weighted by molar-refractivity contribution is -0.384. The first-order valence-electron chi connectivity index (χ1n) is 7.82. The molecule has 0 heterocycles. The molecule has 0 fully saturated rings. The van der Waals surface area contributed by atoms with Gasteiger partial charge in [-0.1, -0.05) is 23.7 Å². The van der Waals surface area contributed by atoms with Gasteiger partial charge in [0.2, 0.25) is 0 Å². The molecule has 0 saturated heterocycles. The highest BCUT2D eigenvalue weighted by atomic mass is 35.5. The summed E-state index contributed by atoms with van der Waals surface area (Å²) in [6.45, 7) is 0. The smallest absolute Gasteiger partial charge is 0.275 e. The second-order valence-electron chi connectivity index (χ2n) is 5.58. The van der Waals surface area contributed by atoms with E-state index >= 15 is 0 Å². The summed E-state index contributed by atoms with van der Waals surface area (Å²) in [6, 6.07) is 12.8. The summed E-state index contributed by atoms with van der Waals surface area (Å²) in [7, 11) is 0. The molecule has 0 aliphatic heterocycles. The maximum absolute atomic E-state index is 13.8. The van der Waals surface area contributed by atoms with Crippen molar-refractivity contribution in [1.82, 2.24) is 0 Å². The van der Waals surface area contributed by atoms with Crippen LogP contribution in [0, 0.1) is 21.7 Å². The average molecular weight is 405 g/mol. The number of amides is 1. The minimum Gasteiger partial charge on any atom is -0.457 e. The summed E-state index contributed by atoms with van der Waals surface area (Å²) in [6.07, 6.45) is 0. The Kier molecular flexibility index (Phi) is 5.51. The Morgan fingerprint density at radius 3 is 2.32 bits per heavy atom. The average Bonchev–Trinajstić information content (AvgIpc) is 2.61. The third-order valence-corrected chi connectivity index (χ3v) is 3.82. The zero-order chi connectivity index (χ0) is 20.3. The maximum atomic E-state index is 13.8. The largest absolute Gasteiger partial charge is 0.457 e. The zero-order valence-corrected chi connectivity index (χ0v) is 14.7. The summed E-state index contributed by atoms with van der Waals surface area (Å²) in [5.74, 6) is -2.87. The zero-order valence-electron chi connectivity index (χ0n) is 14.0. The standard InChI is InChI=1S/C19H11ClF2N2O4/c20-11-3-1-4-14(7-11)28-15-9-12(8-13(10-15)24(26)27)23-19(25)18-16(21)5-2-6-17(18)22/h1-10H,(H,23,25). The lowest BCUT2D eigenvalue weighted by Crippen LogP contribution is -2.16. The van der Waals surface area contributed by atoms with E-state index in [0.717, 1.165) is 30.3 Å². The van der Waals surface area contributed by atoms with Gasteiger partial charge in [0.25, 0.3) is 11.6 Å². The van der Waals surface area contributed by atoms with Gasteiger partial charge in [-0.2, -0.15) is 0 Å². The lowest BCUT2D eigenvalue weighted by atomic mass is 10.1. The molecule has 0 spiro atoms. The van der Waals surface area contributed by atoms with E-state index in [9.17, 15) is 23.7 Å². The van der Waals surface area contributed by atoms with Crippen molar-refractivity contribution in [2.45, 2.75) is 0 Å². The van der Waals surface area contributed by atoms with Gasteiger partial charge in [-0.15, -0.1) is 0 Å². The first kappa shape index (κ1) is 19.2. The fourth-order valence-corrected chi connectivity index (χ4v) is 2.58. The van der Waals surface area contributed by atoms with Crippen molar-refractivity contribution in [2.24, 2.45) is 0 Å². The van der Waals surface area contributed by atoms with E-state index in [-0.39, 0.29) is 17.1 Å². The number of nitrogens with one attached hydrogen (secondary N) is 1. The first-order valence-corrected chi connectivity index (χ1v) is 8.19. The monoisotopic (exact) mass is 404 g/mol. The van der Waals surface area contributed by atoms with Crippen LogP contribution >= 0.6 is 11.6 Å². The normalized spacial score (nSPS) is 10.4. The number of nitro benzene ring substituents is 1. The number of nitro groups is 1. The van der Waals surface area contributed by atoms with Gasteiger partial charge in [-0.05, 0) is 30.3 Å². The predicted molar refractivity (Wildman–Crippen MR) is 98.9 cm³/mol. The summed E-state index contributed by atoms with van der Waals surface area (Å²) in [4.78, 5) is 22.7. The van der Waals surface area contributed by atoms with Crippen molar-refractivity contribution in [3.63, 3.8) is 0 Å². The maximum Gasteiger partial charge on any atom is 0.275 e. The van der Waals surface area contributed by atoms with Crippen LogP contribution in [-0.2, 0) is 0 Å². The number of anilines is 1. The van der Waals surface area contributed by atoms with Gasteiger partial charge in [0.05, 0.1) is 16.7 Å². The molecule has 3 aromatic carbocycles. The Balaban J connectivity index is 1.93. The number of ether oxygens (including phenoxy) is 1. The van der Waals surface area contributed by atoms with Crippen molar-refractivity contribution in [3.05, 3.63) is 93.0 Å². The quantitative estimate of drug-likeness (QED) is 0.445. The van der Waals surface area contributed by atoms with E-state index in [0.29, 0.717) is 10.8 Å². The van der Waals surface area contributed by atoms with Crippen LogP contribution < -0.4 is 10.1 Å². The van der Waals surface area contributed by atoms with Crippen LogP contribution in [0.25, 0.3) is 0 Å². The van der Waals surface area contributed by atoms with Gasteiger partial charge in [0.15, 0.2) is 0 Å².